The summed E-state index contributed by atoms with van der Waals surface area (Å²) in [6, 6.07) is 17.1. The van der Waals surface area contributed by atoms with Crippen molar-refractivity contribution >= 4 is 34.3 Å². The van der Waals surface area contributed by atoms with Crippen LogP contribution in [0, 0.1) is 0 Å². The molecular weight excluding hydrogens is 498 g/mol. The Morgan fingerprint density at radius 2 is 1.74 bits per heavy atom. The van der Waals surface area contributed by atoms with E-state index in [2.05, 4.69) is 15.6 Å². The third-order valence-corrected chi connectivity index (χ3v) is 6.05. The number of aromatic nitrogens is 3. The fourth-order valence-corrected chi connectivity index (χ4v) is 4.26. The number of carbonyl (C=O) groups is 3. The van der Waals surface area contributed by atoms with Crippen LogP contribution in [0.25, 0.3) is 11.0 Å². The molecule has 1 atom stereocenters. The van der Waals surface area contributed by atoms with Gasteiger partial charge in [-0.1, -0.05) is 23.4 Å². The molecule has 0 fully saturated rings. The van der Waals surface area contributed by atoms with Crippen molar-refractivity contribution in [1.29, 1.82) is 0 Å². The number of amides is 2. The molecule has 2 N–H and O–H groups in total. The van der Waals surface area contributed by atoms with Crippen LogP contribution in [-0.2, 0) is 16.1 Å². The van der Waals surface area contributed by atoms with E-state index in [4.69, 9.17) is 4.74 Å². The van der Waals surface area contributed by atoms with E-state index in [1.807, 2.05) is 32.9 Å². The third-order valence-electron chi connectivity index (χ3n) is 6.05. The normalized spacial score (nSPS) is 12.1. The number of nitrogens with zero attached hydrogens (tertiary/aromatic N) is 4. The maximum absolute atomic E-state index is 14.1. The zero-order valence-corrected chi connectivity index (χ0v) is 22.5. The Morgan fingerprint density at radius 3 is 2.36 bits per heavy atom. The van der Waals surface area contributed by atoms with Gasteiger partial charge in [0.25, 0.3) is 0 Å². The second kappa shape index (κ2) is 10.9. The molecule has 10 heteroatoms. The molecule has 0 saturated heterocycles. The SMILES string of the molecule is COc1ccc([C@@H](C(=O)NC(C)(C)C)N(C(=O)Cn2nnc3ccccc32)c2ccc(C(C)=O)cc2)cc1O. The first-order chi connectivity index (χ1) is 18.5. The van der Waals surface area contributed by atoms with E-state index in [1.54, 1.807) is 42.5 Å². The quantitative estimate of drug-likeness (QED) is 0.330. The average Bonchev–Trinajstić information content (AvgIpc) is 3.28. The highest BCUT2D eigenvalue weighted by Gasteiger charge is 2.35. The van der Waals surface area contributed by atoms with Crippen molar-refractivity contribution in [2.75, 3.05) is 12.0 Å². The van der Waals surface area contributed by atoms with E-state index in [1.165, 1.54) is 35.7 Å². The van der Waals surface area contributed by atoms with Crippen molar-refractivity contribution in [3.8, 4) is 11.5 Å². The van der Waals surface area contributed by atoms with Crippen molar-refractivity contribution in [1.82, 2.24) is 20.3 Å². The number of benzene rings is 3. The zero-order chi connectivity index (χ0) is 28.3. The Bertz CT molecular complexity index is 1520. The number of fused-ring (bicyclic) bond motifs is 1. The monoisotopic (exact) mass is 529 g/mol. The Kier molecular flexibility index (Phi) is 7.66. The van der Waals surface area contributed by atoms with E-state index in [0.717, 1.165) is 0 Å². The molecule has 2 amide bonds. The van der Waals surface area contributed by atoms with Crippen LogP contribution in [0.15, 0.2) is 66.7 Å². The number of hydrogen-bond acceptors (Lipinski definition) is 7. The Hall–Kier alpha value is -4.73. The molecule has 1 heterocycles. The highest BCUT2D eigenvalue weighted by molar-refractivity contribution is 6.02. The van der Waals surface area contributed by atoms with Gasteiger partial charge in [0.05, 0.1) is 12.6 Å². The minimum atomic E-state index is -1.17. The van der Waals surface area contributed by atoms with Crippen LogP contribution < -0.4 is 15.0 Å². The number of methoxy groups -OCH3 is 1. The molecule has 10 nitrogen and oxygen atoms in total. The number of aromatic hydroxyl groups is 1. The fourth-order valence-electron chi connectivity index (χ4n) is 4.26. The first kappa shape index (κ1) is 27.3. The number of anilines is 1. The molecule has 0 unspecified atom stereocenters. The summed E-state index contributed by atoms with van der Waals surface area (Å²) in [6.45, 7) is 6.75. The second-order valence-electron chi connectivity index (χ2n) is 10.2. The Morgan fingerprint density at radius 1 is 1.05 bits per heavy atom. The van der Waals surface area contributed by atoms with Crippen LogP contribution in [0.2, 0.25) is 0 Å². The van der Waals surface area contributed by atoms with Gasteiger partial charge in [-0.2, -0.15) is 0 Å². The smallest absolute Gasteiger partial charge is 0.249 e. The summed E-state index contributed by atoms with van der Waals surface area (Å²) in [5.74, 6) is -0.989. The molecule has 0 saturated carbocycles. The lowest BCUT2D eigenvalue weighted by atomic mass is 9.99. The topological polar surface area (TPSA) is 127 Å². The lowest BCUT2D eigenvalue weighted by Gasteiger charge is -2.34. The van der Waals surface area contributed by atoms with Crippen LogP contribution in [0.4, 0.5) is 5.69 Å². The highest BCUT2D eigenvalue weighted by atomic mass is 16.5. The Labute approximate surface area is 226 Å². The molecule has 0 bridgehead atoms. The zero-order valence-electron chi connectivity index (χ0n) is 22.5. The summed E-state index contributed by atoms with van der Waals surface area (Å²) in [5.41, 5.74) is 1.90. The van der Waals surface area contributed by atoms with Crippen molar-refractivity contribution in [2.45, 2.75) is 45.8 Å². The van der Waals surface area contributed by atoms with Crippen LogP contribution in [0.1, 0.15) is 49.7 Å². The lowest BCUT2D eigenvalue weighted by Crippen LogP contribution is -2.50. The average molecular weight is 530 g/mol. The molecule has 0 radical (unpaired) electrons. The maximum Gasteiger partial charge on any atom is 0.249 e. The minimum Gasteiger partial charge on any atom is -0.504 e. The van der Waals surface area contributed by atoms with Gasteiger partial charge in [-0.25, -0.2) is 4.68 Å². The number of ether oxygens (including phenoxy) is 1. The number of carbonyl (C=O) groups excluding carboxylic acids is 3. The number of ketones is 1. The summed E-state index contributed by atoms with van der Waals surface area (Å²) in [4.78, 5) is 41.2. The van der Waals surface area contributed by atoms with Gasteiger partial charge >= 0.3 is 0 Å². The Balaban J connectivity index is 1.86. The first-order valence-electron chi connectivity index (χ1n) is 12.4. The molecule has 0 aliphatic carbocycles. The summed E-state index contributed by atoms with van der Waals surface area (Å²) >= 11 is 0. The first-order valence-corrected chi connectivity index (χ1v) is 12.4. The van der Waals surface area contributed by atoms with Gasteiger partial charge in [-0.15, -0.1) is 5.10 Å². The largest absolute Gasteiger partial charge is 0.504 e. The number of phenolic OH excluding ortho intramolecular Hbond substituents is 1. The van der Waals surface area contributed by atoms with Gasteiger partial charge in [0, 0.05) is 16.8 Å². The molecular formula is C29H31N5O5. The summed E-state index contributed by atoms with van der Waals surface area (Å²) in [5, 5.41) is 21.8. The van der Waals surface area contributed by atoms with Gasteiger partial charge in [0.2, 0.25) is 11.8 Å². The van der Waals surface area contributed by atoms with E-state index < -0.39 is 23.4 Å². The second-order valence-corrected chi connectivity index (χ2v) is 10.2. The van der Waals surface area contributed by atoms with Gasteiger partial charge in [-0.3, -0.25) is 19.3 Å². The standard InChI is InChI=1S/C29H31N5O5/c1-18(35)19-10-13-21(14-11-19)34(26(37)17-33-23-9-7-6-8-22(23)31-32-33)27(28(38)30-29(2,3)4)20-12-15-25(39-5)24(36)16-20/h6-16,27,36H,17H2,1-5H3,(H,30,38)/t27-/m0/s1. The van der Waals surface area contributed by atoms with Crippen LogP contribution in [0.5, 0.6) is 11.5 Å². The van der Waals surface area contributed by atoms with Gasteiger partial charge in [0.15, 0.2) is 17.3 Å². The predicted molar refractivity (Wildman–Crippen MR) is 147 cm³/mol. The van der Waals surface area contributed by atoms with Crippen molar-refractivity contribution in [3.63, 3.8) is 0 Å². The number of nitrogens with one attached hydrogen (secondary N) is 1. The number of hydrogen-bond donors (Lipinski definition) is 2. The van der Waals surface area contributed by atoms with Crippen LogP contribution in [0.3, 0.4) is 0 Å². The predicted octanol–water partition coefficient (Wildman–Crippen LogP) is 4.04. The van der Waals surface area contributed by atoms with Gasteiger partial charge in [-0.05, 0) is 81.8 Å². The molecule has 0 spiro atoms. The molecule has 39 heavy (non-hydrogen) atoms. The molecule has 4 rings (SSSR count). The van der Waals surface area contributed by atoms with Gasteiger partial charge in [0.1, 0.15) is 18.1 Å². The van der Waals surface area contributed by atoms with E-state index >= 15 is 0 Å². The molecule has 202 valence electrons. The highest BCUT2D eigenvalue weighted by Crippen LogP contribution is 2.34. The number of Topliss-reactive ketones (excluding diaryl/α,β-unsaturated/α-hetero) is 1. The van der Waals surface area contributed by atoms with Crippen molar-refractivity contribution < 1.29 is 24.2 Å². The molecule has 4 aromatic rings. The van der Waals surface area contributed by atoms with Crippen molar-refractivity contribution in [2.24, 2.45) is 0 Å². The van der Waals surface area contributed by atoms with E-state index in [-0.39, 0.29) is 23.8 Å². The van der Waals surface area contributed by atoms with Gasteiger partial charge < -0.3 is 15.2 Å². The summed E-state index contributed by atoms with van der Waals surface area (Å²) in [7, 11) is 1.42. The summed E-state index contributed by atoms with van der Waals surface area (Å²) in [6.07, 6.45) is 0. The molecule has 0 aliphatic heterocycles. The summed E-state index contributed by atoms with van der Waals surface area (Å²) < 4.78 is 6.65. The molecule has 1 aromatic heterocycles. The third kappa shape index (κ3) is 6.06. The lowest BCUT2D eigenvalue weighted by molar-refractivity contribution is -0.128. The fraction of sp³-hybridized carbons (Fsp3) is 0.276. The minimum absolute atomic E-state index is 0.129. The molecule has 0 aliphatic rings. The van der Waals surface area contributed by atoms with Crippen LogP contribution >= 0.6 is 0 Å². The van der Waals surface area contributed by atoms with E-state index in [9.17, 15) is 19.5 Å². The number of phenols is 1. The number of para-hydroxylation sites is 1. The van der Waals surface area contributed by atoms with Crippen LogP contribution in [-0.4, -0.2) is 50.3 Å². The van der Waals surface area contributed by atoms with Crippen molar-refractivity contribution in [3.05, 3.63) is 77.9 Å². The number of rotatable bonds is 8. The maximum atomic E-state index is 14.1. The molecule has 3 aromatic carbocycles. The van der Waals surface area contributed by atoms with E-state index in [0.29, 0.717) is 27.8 Å².